The van der Waals surface area contributed by atoms with E-state index in [9.17, 15) is 0 Å². The summed E-state index contributed by atoms with van der Waals surface area (Å²) in [5.41, 5.74) is 1.33. The van der Waals surface area contributed by atoms with Crippen molar-refractivity contribution in [3.63, 3.8) is 0 Å². The van der Waals surface area contributed by atoms with E-state index >= 15 is 0 Å². The number of nitrogens with zero attached hydrogens (tertiary/aromatic N) is 1. The average Bonchev–Trinajstić information content (AvgIpc) is 1.93. The fourth-order valence-corrected chi connectivity index (χ4v) is 1.78. The lowest BCUT2D eigenvalue weighted by atomic mass is 10.2. The molecule has 0 saturated carbocycles. The first-order chi connectivity index (χ1) is 5.18. The maximum atomic E-state index is 3.39. The second-order valence-electron chi connectivity index (χ2n) is 2.09. The molecule has 0 aromatic heterocycles. The van der Waals surface area contributed by atoms with Gasteiger partial charge in [0.2, 0.25) is 0 Å². The first-order valence-corrected chi connectivity index (χ1v) is 5.74. The Hall–Kier alpha value is 1.12. The highest BCUT2D eigenvalue weighted by molar-refractivity contribution is 14.2. The summed E-state index contributed by atoms with van der Waals surface area (Å²) >= 11 is 7.92. The van der Waals surface area contributed by atoms with Crippen molar-refractivity contribution in [1.29, 1.82) is 0 Å². The molecule has 0 N–H and O–H groups in total. The van der Waals surface area contributed by atoms with Crippen LogP contribution in [0.3, 0.4) is 0 Å². The average molecular weight is 438 g/mol. The summed E-state index contributed by atoms with van der Waals surface area (Å²) in [4.78, 5) is 0. The van der Waals surface area contributed by atoms with Gasteiger partial charge >= 0.3 is 0 Å². The third-order valence-corrected chi connectivity index (χ3v) is 2.43. The molecule has 0 spiro atoms. The quantitative estimate of drug-likeness (QED) is 0.500. The van der Waals surface area contributed by atoms with Gasteiger partial charge in [-0.3, -0.25) is 0 Å². The highest BCUT2D eigenvalue weighted by Gasteiger charge is 1.95. The van der Waals surface area contributed by atoms with E-state index < -0.39 is 0 Å². The first-order valence-electron chi connectivity index (χ1n) is 3.02. The number of halogens is 3. The van der Waals surface area contributed by atoms with Crippen molar-refractivity contribution >= 4 is 61.7 Å². The molecule has 0 fully saturated rings. The topological polar surface area (TPSA) is 3.24 Å². The van der Waals surface area contributed by atoms with Crippen molar-refractivity contribution in [2.45, 2.75) is 6.54 Å². The summed E-state index contributed by atoms with van der Waals surface area (Å²) in [6, 6.07) is 8.36. The van der Waals surface area contributed by atoms with Gasteiger partial charge in [-0.15, -0.1) is 0 Å². The number of hydrogen-bond donors (Lipinski definition) is 0. The van der Waals surface area contributed by atoms with Gasteiger partial charge in [0.15, 0.2) is 0 Å². The van der Waals surface area contributed by atoms with Crippen LogP contribution >= 0.6 is 61.7 Å². The van der Waals surface area contributed by atoms with Gasteiger partial charge in [0.05, 0.1) is 0 Å². The highest BCUT2D eigenvalue weighted by atomic mass is 127. The third-order valence-electron chi connectivity index (χ3n) is 1.22. The van der Waals surface area contributed by atoms with Crippen molar-refractivity contribution in [3.05, 3.63) is 34.3 Å². The Kier molecular flexibility index (Phi) is 4.62. The van der Waals surface area contributed by atoms with Crippen molar-refractivity contribution < 1.29 is 0 Å². The lowest BCUT2D eigenvalue weighted by molar-refractivity contribution is 0.833. The van der Waals surface area contributed by atoms with Crippen LogP contribution in [-0.2, 0) is 6.54 Å². The molecule has 11 heavy (non-hydrogen) atoms. The highest BCUT2D eigenvalue weighted by Crippen LogP contribution is 2.16. The van der Waals surface area contributed by atoms with Crippen molar-refractivity contribution in [3.8, 4) is 0 Å². The van der Waals surface area contributed by atoms with Crippen LogP contribution in [0.4, 0.5) is 0 Å². The van der Waals surface area contributed by atoms with Crippen molar-refractivity contribution in [2.75, 3.05) is 0 Å². The minimum absolute atomic E-state index is 0.981. The third kappa shape index (κ3) is 4.05. The zero-order chi connectivity index (χ0) is 8.27. The molecule has 0 heterocycles. The first kappa shape index (κ1) is 10.2. The van der Waals surface area contributed by atoms with Gasteiger partial charge in [0, 0.05) is 56.7 Å². The summed E-state index contributed by atoms with van der Waals surface area (Å²) in [6.07, 6.45) is 0. The number of rotatable bonds is 2. The normalized spacial score (nSPS) is 10.5. The van der Waals surface area contributed by atoms with Crippen molar-refractivity contribution in [2.24, 2.45) is 0 Å². The SMILES string of the molecule is Brc1ccc(CN(I)I)cc1. The van der Waals surface area contributed by atoms with Crippen LogP contribution in [-0.4, -0.2) is 1.33 Å². The molecule has 4 heteroatoms. The van der Waals surface area contributed by atoms with E-state index in [1.807, 2.05) is 0 Å². The smallest absolute Gasteiger partial charge is 0.0435 e. The van der Waals surface area contributed by atoms with Gasteiger partial charge in [0.25, 0.3) is 0 Å². The lowest BCUT2D eigenvalue weighted by Crippen LogP contribution is -1.94. The van der Waals surface area contributed by atoms with Crippen LogP contribution in [0.25, 0.3) is 0 Å². The summed E-state index contributed by atoms with van der Waals surface area (Å²) < 4.78 is 3.23. The Bertz CT molecular complexity index is 222. The molecule has 0 aliphatic carbocycles. The Morgan fingerprint density at radius 2 is 1.73 bits per heavy atom. The monoisotopic (exact) mass is 437 g/mol. The molecule has 0 saturated heterocycles. The molecular formula is C7H6BrI2N. The van der Waals surface area contributed by atoms with E-state index in [0.29, 0.717) is 0 Å². The van der Waals surface area contributed by atoms with E-state index in [4.69, 9.17) is 0 Å². The molecule has 0 atom stereocenters. The Morgan fingerprint density at radius 1 is 1.18 bits per heavy atom. The largest absolute Gasteiger partial charge is 0.184 e. The van der Waals surface area contributed by atoms with Gasteiger partial charge in [-0.2, -0.15) is 1.33 Å². The molecule has 1 rings (SSSR count). The van der Waals surface area contributed by atoms with E-state index in [2.05, 4.69) is 87.3 Å². The molecular weight excluding hydrogens is 432 g/mol. The summed E-state index contributed by atoms with van der Waals surface area (Å²) in [5.74, 6) is 0. The fraction of sp³-hybridized carbons (Fsp3) is 0.143. The zero-order valence-corrected chi connectivity index (χ0v) is 11.5. The van der Waals surface area contributed by atoms with E-state index in [1.54, 1.807) is 0 Å². The standard InChI is InChI=1S/C7H6BrI2N/c8-7-3-1-6(2-4-7)5-11(9)10/h1-4H,5H2. The van der Waals surface area contributed by atoms with Gasteiger partial charge in [-0.25, -0.2) is 0 Å². The van der Waals surface area contributed by atoms with Gasteiger partial charge in [0.1, 0.15) is 0 Å². The molecule has 0 aliphatic rings. The molecule has 1 aromatic carbocycles. The van der Waals surface area contributed by atoms with Crippen LogP contribution in [0.2, 0.25) is 0 Å². The zero-order valence-electron chi connectivity index (χ0n) is 5.60. The van der Waals surface area contributed by atoms with Crippen LogP contribution in [0.15, 0.2) is 28.7 Å². The van der Waals surface area contributed by atoms with Gasteiger partial charge in [-0.1, -0.05) is 28.1 Å². The predicted octanol–water partition coefficient (Wildman–Crippen LogP) is 3.95. The number of hydrogen-bond acceptors (Lipinski definition) is 1. The maximum absolute atomic E-state index is 3.39. The minimum Gasteiger partial charge on any atom is -0.184 e. The molecule has 1 aromatic rings. The second kappa shape index (κ2) is 4.98. The van der Waals surface area contributed by atoms with Crippen LogP contribution in [0.5, 0.6) is 0 Å². The van der Waals surface area contributed by atoms with E-state index in [1.165, 1.54) is 5.56 Å². The molecule has 0 amide bonds. The van der Waals surface area contributed by atoms with Crippen LogP contribution < -0.4 is 0 Å². The summed E-state index contributed by atoms with van der Waals surface area (Å²) in [5, 5.41) is 0. The molecule has 0 unspecified atom stereocenters. The Balaban J connectivity index is 2.66. The van der Waals surface area contributed by atoms with Gasteiger partial charge < -0.3 is 0 Å². The Labute approximate surface area is 103 Å². The summed E-state index contributed by atoms with van der Waals surface area (Å²) in [6.45, 7) is 0.981. The summed E-state index contributed by atoms with van der Waals surface area (Å²) in [7, 11) is 0. The van der Waals surface area contributed by atoms with Gasteiger partial charge in [-0.05, 0) is 17.7 Å². The fourth-order valence-electron chi connectivity index (χ4n) is 0.728. The number of benzene rings is 1. The minimum atomic E-state index is 0.981. The molecule has 60 valence electrons. The molecule has 1 nitrogen and oxygen atoms in total. The van der Waals surface area contributed by atoms with Crippen LogP contribution in [0.1, 0.15) is 5.56 Å². The predicted molar refractivity (Wildman–Crippen MR) is 67.7 cm³/mol. The second-order valence-corrected chi connectivity index (χ2v) is 7.18. The molecule has 0 radical (unpaired) electrons. The molecule has 0 aliphatic heterocycles. The van der Waals surface area contributed by atoms with Crippen molar-refractivity contribution in [1.82, 2.24) is 1.33 Å². The van der Waals surface area contributed by atoms with Crippen LogP contribution in [0, 0.1) is 0 Å². The lowest BCUT2D eigenvalue weighted by Gasteiger charge is -2.04. The van der Waals surface area contributed by atoms with E-state index in [-0.39, 0.29) is 0 Å². The Morgan fingerprint density at radius 3 is 2.18 bits per heavy atom. The maximum Gasteiger partial charge on any atom is 0.0435 e. The van der Waals surface area contributed by atoms with E-state index in [0.717, 1.165) is 11.0 Å². The molecule has 0 bridgehead atoms.